The number of imide groups is 1. The van der Waals surface area contributed by atoms with Crippen molar-refractivity contribution in [1.82, 2.24) is 14.4 Å². The Labute approximate surface area is 133 Å². The summed E-state index contributed by atoms with van der Waals surface area (Å²) in [7, 11) is 1.54. The number of fused-ring (bicyclic) bond motifs is 3. The van der Waals surface area contributed by atoms with Gasteiger partial charge in [-0.05, 0) is 20.8 Å². The summed E-state index contributed by atoms with van der Waals surface area (Å²) in [5.74, 6) is -0.203. The Hall–Kier alpha value is -2.71. The Morgan fingerprint density at radius 3 is 2.57 bits per heavy atom. The van der Waals surface area contributed by atoms with Gasteiger partial charge in [0.05, 0.1) is 6.54 Å². The smallest absolute Gasteiger partial charge is 0.368 e. The molecule has 122 valence electrons. The van der Waals surface area contributed by atoms with Gasteiger partial charge < -0.3 is 5.73 Å². The fourth-order valence-electron chi connectivity index (χ4n) is 3.18. The number of likely N-dealkylation sites (N-methyl/N-ethyl adjacent to an activating group) is 1. The van der Waals surface area contributed by atoms with Crippen LogP contribution >= 0.6 is 0 Å². The van der Waals surface area contributed by atoms with Gasteiger partial charge in [-0.2, -0.15) is 0 Å². The van der Waals surface area contributed by atoms with Gasteiger partial charge in [-0.1, -0.05) is 4.99 Å². The number of carbonyl (C=O) groups is 3. The van der Waals surface area contributed by atoms with Crippen molar-refractivity contribution in [2.75, 3.05) is 13.6 Å². The van der Waals surface area contributed by atoms with Crippen molar-refractivity contribution in [2.45, 2.75) is 33.4 Å². The highest BCUT2D eigenvalue weighted by molar-refractivity contribution is 6.21. The molecule has 2 aliphatic heterocycles. The molecule has 4 amide bonds. The maximum Gasteiger partial charge on any atom is 0.402 e. The van der Waals surface area contributed by atoms with Gasteiger partial charge in [-0.15, -0.1) is 0 Å². The second-order valence-electron chi connectivity index (χ2n) is 5.69. The monoisotopic (exact) mass is 319 g/mol. The summed E-state index contributed by atoms with van der Waals surface area (Å²) in [6.45, 7) is 6.13. The number of hydrogen-bond acceptors (Lipinski definition) is 4. The number of nitrogens with zero attached hydrogens (tertiary/aromatic N) is 5. The van der Waals surface area contributed by atoms with Crippen LogP contribution in [0, 0.1) is 13.8 Å². The van der Waals surface area contributed by atoms with E-state index in [-0.39, 0.29) is 0 Å². The molecule has 0 aromatic carbocycles. The molecule has 0 bridgehead atoms. The first-order valence-electron chi connectivity index (χ1n) is 7.36. The average Bonchev–Trinajstić information content (AvgIpc) is 2.98. The van der Waals surface area contributed by atoms with Gasteiger partial charge in [0, 0.05) is 7.05 Å². The molecule has 0 radical (unpaired) electrons. The van der Waals surface area contributed by atoms with Gasteiger partial charge >= 0.3 is 12.0 Å². The van der Waals surface area contributed by atoms with Crippen LogP contribution in [0.2, 0.25) is 0 Å². The van der Waals surface area contributed by atoms with Crippen LogP contribution in [0.1, 0.15) is 24.4 Å². The number of carbonyl (C=O) groups excluding carboxylic acids is 3. The third kappa shape index (κ3) is 1.89. The fourth-order valence-corrected chi connectivity index (χ4v) is 3.18. The molecule has 0 spiro atoms. The quantitative estimate of drug-likeness (QED) is 0.750. The van der Waals surface area contributed by atoms with Crippen molar-refractivity contribution in [1.29, 1.82) is 0 Å². The summed E-state index contributed by atoms with van der Waals surface area (Å²) in [6.07, 6.45) is 0. The molecule has 3 rings (SSSR count). The third-order valence-electron chi connectivity index (χ3n) is 4.46. The molecular weight excluding hydrogens is 300 g/mol. The maximum atomic E-state index is 12.8. The van der Waals surface area contributed by atoms with Crippen LogP contribution < -0.4 is 10.3 Å². The zero-order valence-corrected chi connectivity index (χ0v) is 13.5. The zero-order chi connectivity index (χ0) is 17.0. The molecule has 3 heterocycles. The van der Waals surface area contributed by atoms with E-state index in [4.69, 9.17) is 5.73 Å². The van der Waals surface area contributed by atoms with E-state index in [0.717, 1.165) is 16.3 Å². The summed E-state index contributed by atoms with van der Waals surface area (Å²) in [5, 5.41) is 0. The number of amidine groups is 1. The van der Waals surface area contributed by atoms with Gasteiger partial charge in [0.15, 0.2) is 0 Å². The second-order valence-corrected chi connectivity index (χ2v) is 5.69. The summed E-state index contributed by atoms with van der Waals surface area (Å²) in [6, 6.07) is -1.33. The topological polar surface area (TPSA) is 105 Å². The molecule has 9 nitrogen and oxygen atoms in total. The Morgan fingerprint density at radius 1 is 1.35 bits per heavy atom. The van der Waals surface area contributed by atoms with Gasteiger partial charge in [-0.3, -0.25) is 19.4 Å². The van der Waals surface area contributed by atoms with Crippen LogP contribution in [-0.2, 0) is 16.1 Å². The first-order chi connectivity index (χ1) is 10.8. The Balaban J connectivity index is 2.15. The number of nitrogens with two attached hydrogens (primary N) is 1. The van der Waals surface area contributed by atoms with E-state index < -0.39 is 30.4 Å². The van der Waals surface area contributed by atoms with Crippen LogP contribution in [0.25, 0.3) is 0 Å². The van der Waals surface area contributed by atoms with E-state index in [1.54, 1.807) is 7.05 Å². The Morgan fingerprint density at radius 2 is 2.00 bits per heavy atom. The standard InChI is InChI=1S/C14H18N6O3/c1-5-18-7(2)8(3)20-10-11(16-13(18)20)17(4)14(23)19(12(10)22)6-9(15)21/h10H,5-6H2,1-4H3,(H-,15,21)/p+1. The molecule has 2 aliphatic rings. The lowest BCUT2D eigenvalue weighted by molar-refractivity contribution is -0.685. The molecular formula is C14H19N6O3+. The number of rotatable bonds is 3. The van der Waals surface area contributed by atoms with Gasteiger partial charge in [0.2, 0.25) is 17.8 Å². The highest BCUT2D eigenvalue weighted by atomic mass is 16.2. The predicted octanol–water partition coefficient (Wildman–Crippen LogP) is -0.624. The molecule has 0 aliphatic carbocycles. The van der Waals surface area contributed by atoms with Crippen LogP contribution in [0.3, 0.4) is 0 Å². The summed E-state index contributed by atoms with van der Waals surface area (Å²) in [4.78, 5) is 43.0. The number of aromatic nitrogens is 2. The normalized spacial score (nSPS) is 19.8. The SMILES string of the molecule is CC[n+]1c(C)c(C)n2c1N=C1C2C(=O)N(CC(N)=O)C(=O)N1C. The van der Waals surface area contributed by atoms with E-state index in [9.17, 15) is 14.4 Å². The average molecular weight is 319 g/mol. The van der Waals surface area contributed by atoms with E-state index in [1.807, 2.05) is 29.9 Å². The van der Waals surface area contributed by atoms with Gasteiger partial charge in [0.1, 0.15) is 17.9 Å². The minimum Gasteiger partial charge on any atom is -0.368 e. The fraction of sp³-hybridized carbons (Fsp3) is 0.500. The van der Waals surface area contributed by atoms with Crippen LogP contribution in [0.5, 0.6) is 0 Å². The van der Waals surface area contributed by atoms with E-state index >= 15 is 0 Å². The molecule has 1 saturated heterocycles. The third-order valence-corrected chi connectivity index (χ3v) is 4.46. The lowest BCUT2D eigenvalue weighted by Crippen LogP contribution is -2.59. The van der Waals surface area contributed by atoms with E-state index in [1.165, 1.54) is 4.90 Å². The summed E-state index contributed by atoms with van der Waals surface area (Å²) in [5.41, 5.74) is 7.08. The van der Waals surface area contributed by atoms with Crippen molar-refractivity contribution in [3.63, 3.8) is 0 Å². The molecule has 1 aromatic heterocycles. The minimum absolute atomic E-state index is 0.376. The minimum atomic E-state index is -0.737. The highest BCUT2D eigenvalue weighted by Gasteiger charge is 2.54. The maximum absolute atomic E-state index is 12.8. The first kappa shape index (κ1) is 15.2. The molecule has 1 atom stereocenters. The number of imidazole rings is 1. The molecule has 2 N–H and O–H groups in total. The second kappa shape index (κ2) is 4.90. The molecule has 1 fully saturated rings. The predicted molar refractivity (Wildman–Crippen MR) is 80.0 cm³/mol. The van der Waals surface area contributed by atoms with E-state index in [2.05, 4.69) is 4.99 Å². The number of aliphatic imine (C=N–C) groups is 1. The molecule has 23 heavy (non-hydrogen) atoms. The number of amides is 4. The lowest BCUT2D eigenvalue weighted by Gasteiger charge is -2.32. The van der Waals surface area contributed by atoms with Crippen molar-refractivity contribution in [3.05, 3.63) is 11.4 Å². The lowest BCUT2D eigenvalue weighted by atomic mass is 10.1. The number of hydrogen-bond donors (Lipinski definition) is 1. The highest BCUT2D eigenvalue weighted by Crippen LogP contribution is 2.34. The van der Waals surface area contributed by atoms with E-state index in [0.29, 0.717) is 18.3 Å². The first-order valence-corrected chi connectivity index (χ1v) is 7.36. The Bertz CT molecular complexity index is 778. The molecule has 1 aromatic rings. The van der Waals surface area contributed by atoms with Crippen molar-refractivity contribution in [3.8, 4) is 0 Å². The van der Waals surface area contributed by atoms with Gasteiger partial charge in [0.25, 0.3) is 5.91 Å². The summed E-state index contributed by atoms with van der Waals surface area (Å²) < 4.78 is 3.80. The van der Waals surface area contributed by atoms with Crippen molar-refractivity contribution < 1.29 is 19.0 Å². The van der Waals surface area contributed by atoms with Crippen LogP contribution in [0.15, 0.2) is 4.99 Å². The molecule has 0 saturated carbocycles. The van der Waals surface area contributed by atoms with Crippen molar-refractivity contribution in [2.24, 2.45) is 10.7 Å². The number of primary amides is 1. The van der Waals surface area contributed by atoms with Crippen LogP contribution in [-0.4, -0.2) is 51.6 Å². The van der Waals surface area contributed by atoms with Crippen LogP contribution in [0.4, 0.5) is 10.7 Å². The van der Waals surface area contributed by atoms with Crippen molar-refractivity contribution >= 4 is 29.6 Å². The zero-order valence-electron chi connectivity index (χ0n) is 13.5. The molecule has 9 heteroatoms. The number of urea groups is 1. The Kier molecular flexibility index (Phi) is 3.24. The van der Waals surface area contributed by atoms with Gasteiger partial charge in [-0.25, -0.2) is 13.9 Å². The summed E-state index contributed by atoms with van der Waals surface area (Å²) >= 11 is 0. The molecule has 1 unspecified atom stereocenters. The largest absolute Gasteiger partial charge is 0.402 e.